The normalized spacial score (nSPS) is 10.9. The second-order valence-corrected chi connectivity index (χ2v) is 4.64. The van der Waals surface area contributed by atoms with Crippen molar-refractivity contribution in [1.29, 1.82) is 0 Å². The van der Waals surface area contributed by atoms with Gasteiger partial charge in [-0.2, -0.15) is 9.78 Å². The fraction of sp³-hybridized carbons (Fsp3) is 0. The topological polar surface area (TPSA) is 74.0 Å². The van der Waals surface area contributed by atoms with Gasteiger partial charge in [0, 0.05) is 9.86 Å². The predicted molar refractivity (Wildman–Crippen MR) is 70.3 cm³/mol. The smallest absolute Gasteiger partial charge is 0.313 e. The van der Waals surface area contributed by atoms with Gasteiger partial charge in [-0.3, -0.25) is 4.79 Å². The van der Waals surface area contributed by atoms with Gasteiger partial charge in [-0.1, -0.05) is 22.0 Å². The molecule has 0 atom stereocenters. The number of carbonyl (C=O) groups is 1. The lowest BCUT2D eigenvalue weighted by atomic mass is 10.2. The highest BCUT2D eigenvalue weighted by atomic mass is 79.9. The number of nitrogens with two attached hydrogens (primary N) is 1. The number of hydrogen-bond acceptors (Lipinski definition) is 4. The Morgan fingerprint density at radius 1 is 1.44 bits per heavy atom. The van der Waals surface area contributed by atoms with E-state index >= 15 is 0 Å². The first-order valence-corrected chi connectivity index (χ1v) is 5.97. The Bertz CT molecular complexity index is 745. The number of carbonyl (C=O) groups excluding carboxylic acids is 1. The molecule has 0 aliphatic carbocycles. The van der Waals surface area contributed by atoms with Crippen LogP contribution in [0.25, 0.3) is 11.0 Å². The van der Waals surface area contributed by atoms with Crippen LogP contribution in [0.15, 0.2) is 45.5 Å². The Kier molecular flexibility index (Phi) is 2.45. The van der Waals surface area contributed by atoms with Crippen LogP contribution in [0.2, 0.25) is 0 Å². The lowest BCUT2D eigenvalue weighted by Gasteiger charge is -1.94. The second kappa shape index (κ2) is 3.99. The fourth-order valence-corrected chi connectivity index (χ4v) is 2.15. The van der Waals surface area contributed by atoms with Gasteiger partial charge >= 0.3 is 5.91 Å². The Morgan fingerprint density at radius 3 is 2.94 bits per heavy atom. The molecule has 5 nitrogen and oxygen atoms in total. The predicted octanol–water partition coefficient (Wildman–Crippen LogP) is 2.66. The average Bonchev–Trinajstić information content (AvgIpc) is 2.95. The van der Waals surface area contributed by atoms with Crippen molar-refractivity contribution in [3.8, 4) is 0 Å². The van der Waals surface area contributed by atoms with Gasteiger partial charge in [-0.05, 0) is 18.2 Å². The van der Waals surface area contributed by atoms with Gasteiger partial charge < -0.3 is 10.2 Å². The lowest BCUT2D eigenvalue weighted by molar-refractivity contribution is 0.0919. The number of aromatic nitrogens is 2. The van der Waals surface area contributed by atoms with Gasteiger partial charge in [-0.15, -0.1) is 0 Å². The van der Waals surface area contributed by atoms with Crippen molar-refractivity contribution in [3.63, 3.8) is 0 Å². The van der Waals surface area contributed by atoms with E-state index in [9.17, 15) is 4.79 Å². The number of hydrogen-bond donors (Lipinski definition) is 1. The van der Waals surface area contributed by atoms with Gasteiger partial charge in [0.25, 0.3) is 0 Å². The summed E-state index contributed by atoms with van der Waals surface area (Å²) in [6, 6.07) is 7.21. The molecule has 0 aliphatic rings. The molecular weight excluding hydrogens is 298 g/mol. The first kappa shape index (κ1) is 11.0. The highest BCUT2D eigenvalue weighted by molar-refractivity contribution is 9.10. The second-order valence-electron chi connectivity index (χ2n) is 3.79. The molecule has 0 spiro atoms. The first-order chi connectivity index (χ1) is 8.65. The molecule has 0 bridgehead atoms. The summed E-state index contributed by atoms with van der Waals surface area (Å²) >= 11 is 3.41. The largest absolute Gasteiger partial charge is 0.451 e. The SMILES string of the molecule is Nc1cnn(C(=O)c2cc3c(Br)cccc3o2)c1. The number of furan rings is 1. The van der Waals surface area contributed by atoms with E-state index in [2.05, 4.69) is 21.0 Å². The minimum atomic E-state index is -0.352. The molecule has 0 fully saturated rings. The lowest BCUT2D eigenvalue weighted by Crippen LogP contribution is -2.11. The van der Waals surface area contributed by atoms with Crippen LogP contribution in [0.4, 0.5) is 5.69 Å². The highest BCUT2D eigenvalue weighted by Gasteiger charge is 2.16. The van der Waals surface area contributed by atoms with Crippen molar-refractivity contribution >= 4 is 38.5 Å². The zero-order valence-electron chi connectivity index (χ0n) is 9.13. The third-order valence-corrected chi connectivity index (χ3v) is 3.22. The molecule has 0 unspecified atom stereocenters. The molecule has 0 saturated carbocycles. The van der Waals surface area contributed by atoms with Crippen LogP contribution >= 0.6 is 15.9 Å². The molecule has 3 rings (SSSR count). The standard InChI is InChI=1S/C12H8BrN3O2/c13-9-2-1-3-10-8(9)4-11(18-10)12(17)16-6-7(14)5-15-16/h1-6H,14H2. The molecule has 1 aromatic carbocycles. The summed E-state index contributed by atoms with van der Waals surface area (Å²) in [5, 5.41) is 4.70. The Hall–Kier alpha value is -2.08. The van der Waals surface area contributed by atoms with Crippen LogP contribution in [0.1, 0.15) is 10.6 Å². The third-order valence-electron chi connectivity index (χ3n) is 2.53. The summed E-state index contributed by atoms with van der Waals surface area (Å²) in [7, 11) is 0. The zero-order chi connectivity index (χ0) is 12.7. The molecule has 2 N–H and O–H groups in total. The summed E-state index contributed by atoms with van der Waals surface area (Å²) < 4.78 is 7.52. The van der Waals surface area contributed by atoms with Crippen molar-refractivity contribution in [2.45, 2.75) is 0 Å². The van der Waals surface area contributed by atoms with Gasteiger partial charge in [0.15, 0.2) is 5.76 Å². The summed E-state index contributed by atoms with van der Waals surface area (Å²) in [6.07, 6.45) is 2.86. The molecule has 0 radical (unpaired) electrons. The number of anilines is 1. The summed E-state index contributed by atoms with van der Waals surface area (Å²) in [5.74, 6) is -0.130. The molecule has 3 aromatic rings. The minimum Gasteiger partial charge on any atom is -0.451 e. The van der Waals surface area contributed by atoms with Crippen LogP contribution in [-0.2, 0) is 0 Å². The van der Waals surface area contributed by atoms with E-state index in [-0.39, 0.29) is 11.7 Å². The van der Waals surface area contributed by atoms with E-state index in [1.165, 1.54) is 12.4 Å². The third kappa shape index (κ3) is 1.70. The van der Waals surface area contributed by atoms with Crippen LogP contribution in [-0.4, -0.2) is 15.7 Å². The molecule has 6 heteroatoms. The van der Waals surface area contributed by atoms with Crippen molar-refractivity contribution in [2.75, 3.05) is 5.73 Å². The first-order valence-electron chi connectivity index (χ1n) is 5.18. The molecule has 2 aromatic heterocycles. The molecule has 2 heterocycles. The monoisotopic (exact) mass is 305 g/mol. The van der Waals surface area contributed by atoms with Crippen molar-refractivity contribution in [3.05, 3.63) is 46.9 Å². The van der Waals surface area contributed by atoms with Gasteiger partial charge in [0.1, 0.15) is 5.58 Å². The Balaban J connectivity index is 2.10. The van der Waals surface area contributed by atoms with E-state index in [4.69, 9.17) is 10.2 Å². The number of nitrogens with zero attached hydrogens (tertiary/aromatic N) is 2. The maximum absolute atomic E-state index is 12.1. The fourth-order valence-electron chi connectivity index (χ4n) is 1.69. The molecule has 0 saturated heterocycles. The number of nitrogen functional groups attached to an aromatic ring is 1. The number of fused-ring (bicyclic) bond motifs is 1. The zero-order valence-corrected chi connectivity index (χ0v) is 10.7. The van der Waals surface area contributed by atoms with Crippen molar-refractivity contribution < 1.29 is 9.21 Å². The van der Waals surface area contributed by atoms with Crippen molar-refractivity contribution in [2.24, 2.45) is 0 Å². The number of halogens is 1. The molecule has 0 amide bonds. The quantitative estimate of drug-likeness (QED) is 0.750. The van der Waals surface area contributed by atoms with Crippen LogP contribution in [0, 0.1) is 0 Å². The molecule has 18 heavy (non-hydrogen) atoms. The van der Waals surface area contributed by atoms with Gasteiger partial charge in [-0.25, -0.2) is 0 Å². The van der Waals surface area contributed by atoms with Crippen LogP contribution in [0.3, 0.4) is 0 Å². The van der Waals surface area contributed by atoms with E-state index in [1.807, 2.05) is 12.1 Å². The van der Waals surface area contributed by atoms with E-state index in [0.717, 1.165) is 14.5 Å². The molecule has 90 valence electrons. The number of benzene rings is 1. The van der Waals surface area contributed by atoms with E-state index in [0.29, 0.717) is 11.3 Å². The summed E-state index contributed by atoms with van der Waals surface area (Å²) in [5.41, 5.74) is 6.60. The van der Waals surface area contributed by atoms with Crippen molar-refractivity contribution in [1.82, 2.24) is 9.78 Å². The van der Waals surface area contributed by atoms with E-state index < -0.39 is 0 Å². The maximum atomic E-state index is 12.1. The van der Waals surface area contributed by atoms with Crippen LogP contribution in [0.5, 0.6) is 0 Å². The maximum Gasteiger partial charge on any atom is 0.313 e. The van der Waals surface area contributed by atoms with Gasteiger partial charge in [0.2, 0.25) is 0 Å². The van der Waals surface area contributed by atoms with Crippen LogP contribution < -0.4 is 5.73 Å². The minimum absolute atomic E-state index is 0.222. The Morgan fingerprint density at radius 2 is 2.28 bits per heavy atom. The average molecular weight is 306 g/mol. The Labute approximate surface area is 110 Å². The number of rotatable bonds is 1. The molecular formula is C12H8BrN3O2. The van der Waals surface area contributed by atoms with Gasteiger partial charge in [0.05, 0.1) is 18.1 Å². The highest BCUT2D eigenvalue weighted by Crippen LogP contribution is 2.27. The van der Waals surface area contributed by atoms with E-state index in [1.54, 1.807) is 12.1 Å². The summed E-state index contributed by atoms with van der Waals surface area (Å²) in [6.45, 7) is 0. The summed E-state index contributed by atoms with van der Waals surface area (Å²) in [4.78, 5) is 12.1. The molecule has 0 aliphatic heterocycles.